The van der Waals surface area contributed by atoms with Crippen LogP contribution in [-0.4, -0.2) is 19.1 Å². The number of nitrogens with zero attached hydrogens (tertiary/aromatic N) is 3. The molecule has 0 radical (unpaired) electrons. The summed E-state index contributed by atoms with van der Waals surface area (Å²) in [5, 5.41) is 0.723. The van der Waals surface area contributed by atoms with Crippen LogP contribution < -0.4 is 11.2 Å². The van der Waals surface area contributed by atoms with Gasteiger partial charge in [0.05, 0.1) is 0 Å². The highest BCUT2D eigenvalue weighted by Gasteiger charge is 2.17. The van der Waals surface area contributed by atoms with Crippen molar-refractivity contribution in [3.63, 3.8) is 0 Å². The minimum atomic E-state index is -0.455. The van der Waals surface area contributed by atoms with Crippen molar-refractivity contribution in [1.29, 1.82) is 0 Å². The van der Waals surface area contributed by atoms with Gasteiger partial charge in [-0.2, -0.15) is 0 Å². The minimum Gasteiger partial charge on any atom is -0.309 e. The highest BCUT2D eigenvalue weighted by molar-refractivity contribution is 7.98. The van der Waals surface area contributed by atoms with Crippen LogP contribution in [0.25, 0.3) is 11.2 Å². The molecule has 0 spiro atoms. The Bertz CT molecular complexity index is 1060. The zero-order valence-electron chi connectivity index (χ0n) is 14.4. The van der Waals surface area contributed by atoms with Gasteiger partial charge in [0.2, 0.25) is 0 Å². The van der Waals surface area contributed by atoms with Crippen LogP contribution in [0.1, 0.15) is 18.1 Å². The van der Waals surface area contributed by atoms with Gasteiger partial charge in [0.1, 0.15) is 0 Å². The molecule has 130 valence electrons. The molecule has 2 heterocycles. The second-order valence-corrected chi connectivity index (χ2v) is 6.78. The Morgan fingerprint density at radius 1 is 1.32 bits per heavy atom. The zero-order chi connectivity index (χ0) is 18.0. The average molecular weight is 356 g/mol. The molecule has 0 aliphatic heterocycles. The number of nitrogens with one attached hydrogen (secondary N) is 1. The number of aromatic amines is 1. The Balaban J connectivity index is 2.07. The van der Waals surface area contributed by atoms with E-state index in [0.717, 1.165) is 10.9 Å². The Morgan fingerprint density at radius 2 is 2.12 bits per heavy atom. The summed E-state index contributed by atoms with van der Waals surface area (Å²) >= 11 is 1.56. The van der Waals surface area contributed by atoms with Gasteiger partial charge in [-0.25, -0.2) is 9.78 Å². The fourth-order valence-corrected chi connectivity index (χ4v) is 3.60. The Kier molecular flexibility index (Phi) is 4.94. The van der Waals surface area contributed by atoms with Gasteiger partial charge in [0.25, 0.3) is 5.56 Å². The molecule has 6 nitrogen and oxygen atoms in total. The van der Waals surface area contributed by atoms with Crippen LogP contribution in [-0.2, 0) is 19.3 Å². The zero-order valence-corrected chi connectivity index (χ0v) is 15.3. The number of allylic oxidation sites excluding steroid dienone is 2. The van der Waals surface area contributed by atoms with E-state index in [2.05, 4.69) is 35.1 Å². The molecule has 7 heteroatoms. The molecule has 0 saturated carbocycles. The number of imidazole rings is 1. The number of thioether (sulfide) groups is 1. The minimum absolute atomic E-state index is 0.405. The lowest BCUT2D eigenvalue weighted by Gasteiger charge is -2.06. The maximum atomic E-state index is 12.3. The lowest BCUT2D eigenvalue weighted by molar-refractivity contribution is 0.743. The summed E-state index contributed by atoms with van der Waals surface area (Å²) in [7, 11) is 1.61. The van der Waals surface area contributed by atoms with Crippen molar-refractivity contribution in [3.8, 4) is 0 Å². The average Bonchev–Trinajstić information content (AvgIpc) is 2.95. The topological polar surface area (TPSA) is 72.7 Å². The quantitative estimate of drug-likeness (QED) is 0.563. The second-order valence-electron chi connectivity index (χ2n) is 5.84. The Morgan fingerprint density at radius 3 is 2.84 bits per heavy atom. The summed E-state index contributed by atoms with van der Waals surface area (Å²) in [6.45, 7) is 4.52. The largest absolute Gasteiger partial charge is 0.329 e. The van der Waals surface area contributed by atoms with Crippen molar-refractivity contribution in [2.75, 3.05) is 0 Å². The third kappa shape index (κ3) is 3.46. The first-order valence-corrected chi connectivity index (χ1v) is 8.99. The van der Waals surface area contributed by atoms with Crippen LogP contribution in [0.2, 0.25) is 0 Å². The van der Waals surface area contributed by atoms with E-state index in [-0.39, 0.29) is 0 Å². The van der Waals surface area contributed by atoms with Crippen molar-refractivity contribution >= 4 is 22.9 Å². The highest BCUT2D eigenvalue weighted by atomic mass is 32.2. The van der Waals surface area contributed by atoms with Gasteiger partial charge in [-0.15, -0.1) is 0 Å². The third-order valence-corrected chi connectivity index (χ3v) is 4.99. The SMILES string of the molecule is C/C=C\Cn1c(SCc2cccc(C)c2)nc2c1c(=O)[nH]c(=O)n2C. The van der Waals surface area contributed by atoms with Crippen molar-refractivity contribution in [3.05, 3.63) is 68.4 Å². The molecule has 1 aromatic carbocycles. The first kappa shape index (κ1) is 17.3. The van der Waals surface area contributed by atoms with Gasteiger partial charge < -0.3 is 4.57 Å². The van der Waals surface area contributed by atoms with E-state index in [1.807, 2.05) is 29.7 Å². The van der Waals surface area contributed by atoms with Gasteiger partial charge in [-0.3, -0.25) is 14.3 Å². The molecular weight excluding hydrogens is 336 g/mol. The lowest BCUT2D eigenvalue weighted by Crippen LogP contribution is -2.29. The van der Waals surface area contributed by atoms with E-state index < -0.39 is 11.2 Å². The number of aryl methyl sites for hydroxylation is 2. The molecule has 3 aromatic rings. The molecule has 0 bridgehead atoms. The van der Waals surface area contributed by atoms with Crippen molar-refractivity contribution in [2.45, 2.75) is 31.3 Å². The highest BCUT2D eigenvalue weighted by Crippen LogP contribution is 2.25. The van der Waals surface area contributed by atoms with Crippen LogP contribution in [0, 0.1) is 6.92 Å². The predicted molar refractivity (Wildman–Crippen MR) is 101 cm³/mol. The number of hydrogen-bond acceptors (Lipinski definition) is 4. The fraction of sp³-hybridized carbons (Fsp3) is 0.278. The van der Waals surface area contributed by atoms with Crippen molar-refractivity contribution in [1.82, 2.24) is 19.1 Å². The van der Waals surface area contributed by atoms with E-state index in [4.69, 9.17) is 0 Å². The van der Waals surface area contributed by atoms with E-state index in [0.29, 0.717) is 17.7 Å². The normalized spacial score (nSPS) is 11.6. The Hall–Kier alpha value is -2.54. The van der Waals surface area contributed by atoms with Crippen molar-refractivity contribution in [2.24, 2.45) is 7.05 Å². The maximum Gasteiger partial charge on any atom is 0.329 e. The molecule has 25 heavy (non-hydrogen) atoms. The maximum absolute atomic E-state index is 12.3. The Labute approximate surface area is 149 Å². The van der Waals surface area contributed by atoms with Crippen LogP contribution in [0.4, 0.5) is 0 Å². The monoisotopic (exact) mass is 356 g/mol. The number of benzene rings is 1. The smallest absolute Gasteiger partial charge is 0.309 e. The molecule has 2 aromatic heterocycles. The summed E-state index contributed by atoms with van der Waals surface area (Å²) < 4.78 is 3.23. The number of rotatable bonds is 5. The molecule has 3 rings (SSSR count). The van der Waals surface area contributed by atoms with E-state index >= 15 is 0 Å². The van der Waals surface area contributed by atoms with E-state index in [9.17, 15) is 9.59 Å². The summed E-state index contributed by atoms with van der Waals surface area (Å²) in [5.41, 5.74) is 2.37. The van der Waals surface area contributed by atoms with Crippen molar-refractivity contribution < 1.29 is 0 Å². The summed E-state index contributed by atoms with van der Waals surface area (Å²) in [5.74, 6) is 0.743. The fourth-order valence-electron chi connectivity index (χ4n) is 2.65. The van der Waals surface area contributed by atoms with Gasteiger partial charge in [0, 0.05) is 19.3 Å². The number of aromatic nitrogens is 4. The van der Waals surface area contributed by atoms with Gasteiger partial charge in [0.15, 0.2) is 16.3 Å². The van der Waals surface area contributed by atoms with E-state index in [1.54, 1.807) is 18.8 Å². The molecule has 0 atom stereocenters. The molecule has 0 fully saturated rings. The second kappa shape index (κ2) is 7.14. The van der Waals surface area contributed by atoms with Crippen LogP contribution in [0.3, 0.4) is 0 Å². The molecule has 0 saturated heterocycles. The summed E-state index contributed by atoms with van der Waals surface area (Å²) in [6.07, 6.45) is 3.89. The van der Waals surface area contributed by atoms with Crippen LogP contribution in [0.15, 0.2) is 51.2 Å². The molecule has 1 N–H and O–H groups in total. The first-order valence-electron chi connectivity index (χ1n) is 8.00. The molecule has 0 unspecified atom stereocenters. The third-order valence-electron chi connectivity index (χ3n) is 3.95. The summed E-state index contributed by atoms with van der Waals surface area (Å²) in [6, 6.07) is 8.29. The first-order chi connectivity index (χ1) is 12.0. The van der Waals surface area contributed by atoms with Gasteiger partial charge in [-0.1, -0.05) is 53.7 Å². The molecule has 0 aliphatic carbocycles. The number of H-pyrrole nitrogens is 1. The molecule has 0 aliphatic rings. The van der Waals surface area contributed by atoms with Crippen LogP contribution in [0.5, 0.6) is 0 Å². The standard InChI is InChI=1S/C18H20N4O2S/c1-4-5-9-22-14-15(21(3)17(24)20-16(14)23)19-18(22)25-11-13-8-6-7-12(2)10-13/h4-8,10H,9,11H2,1-3H3,(H,20,23,24)/b5-4-. The predicted octanol–water partition coefficient (Wildman–Crippen LogP) is 2.60. The molecule has 0 amide bonds. The van der Waals surface area contributed by atoms with Gasteiger partial charge in [-0.05, 0) is 19.4 Å². The lowest BCUT2D eigenvalue weighted by atomic mass is 10.2. The molecular formula is C18H20N4O2S. The number of hydrogen-bond donors (Lipinski definition) is 1. The van der Waals surface area contributed by atoms with Crippen LogP contribution >= 0.6 is 11.8 Å². The van der Waals surface area contributed by atoms with Gasteiger partial charge >= 0.3 is 5.69 Å². The van der Waals surface area contributed by atoms with E-state index in [1.165, 1.54) is 15.7 Å². The number of fused-ring (bicyclic) bond motifs is 1. The summed E-state index contributed by atoms with van der Waals surface area (Å²) in [4.78, 5) is 31.1.